The average Bonchev–Trinajstić information content (AvgIpc) is 3.18. The Balaban J connectivity index is 1.73. The van der Waals surface area contributed by atoms with Crippen LogP contribution in [-0.4, -0.2) is 45.2 Å². The number of imidazole rings is 1. The highest BCUT2D eigenvalue weighted by Crippen LogP contribution is 2.31. The summed E-state index contributed by atoms with van der Waals surface area (Å²) in [5, 5.41) is 3.36. The summed E-state index contributed by atoms with van der Waals surface area (Å²) in [6, 6.07) is 13.0. The van der Waals surface area contributed by atoms with E-state index < -0.39 is 6.43 Å². The highest BCUT2D eigenvalue weighted by Gasteiger charge is 2.22. The number of benzene rings is 1. The maximum Gasteiger partial charge on any atom is 0.280 e. The Kier molecular flexibility index (Phi) is 5.26. The minimum Gasteiger partial charge on any atom is -0.351 e. The minimum absolute atomic E-state index is 0.257. The Labute approximate surface area is 182 Å². The Morgan fingerprint density at radius 3 is 2.62 bits per heavy atom. The molecular weight excluding hydrogens is 417 g/mol. The van der Waals surface area contributed by atoms with E-state index in [9.17, 15) is 13.2 Å². The van der Waals surface area contributed by atoms with Crippen molar-refractivity contribution in [3.05, 3.63) is 66.2 Å². The van der Waals surface area contributed by atoms with Crippen LogP contribution in [0, 0.1) is 5.82 Å². The third kappa shape index (κ3) is 3.69. The molecule has 0 amide bonds. The fourth-order valence-electron chi connectivity index (χ4n) is 4.02. The maximum absolute atomic E-state index is 13.5. The third-order valence-electron chi connectivity index (χ3n) is 5.63. The van der Waals surface area contributed by atoms with Crippen molar-refractivity contribution >= 4 is 17.0 Å². The number of fused-ring (bicyclic) bond motifs is 1. The minimum atomic E-state index is -2.70. The molecule has 0 spiro atoms. The number of nitrogens with one attached hydrogen (secondary N) is 1. The second-order valence-corrected chi connectivity index (χ2v) is 7.78. The molecule has 5 rings (SSSR count). The fraction of sp³-hybridized carbons (Fsp3) is 0.261. The summed E-state index contributed by atoms with van der Waals surface area (Å²) in [6.45, 7) is 4.63. The molecule has 164 valence electrons. The molecule has 1 aromatic carbocycles. The van der Waals surface area contributed by atoms with Crippen molar-refractivity contribution in [3.63, 3.8) is 0 Å². The molecule has 0 saturated carbocycles. The van der Waals surface area contributed by atoms with Gasteiger partial charge in [-0.2, -0.15) is 0 Å². The van der Waals surface area contributed by atoms with Gasteiger partial charge < -0.3 is 10.2 Å². The number of nitrogens with zero attached hydrogens (tertiary/aromatic N) is 5. The highest BCUT2D eigenvalue weighted by atomic mass is 19.3. The van der Waals surface area contributed by atoms with Crippen molar-refractivity contribution in [2.45, 2.75) is 19.4 Å². The number of halogens is 3. The van der Waals surface area contributed by atoms with Gasteiger partial charge in [-0.15, -0.1) is 0 Å². The fourth-order valence-corrected chi connectivity index (χ4v) is 4.02. The van der Waals surface area contributed by atoms with Crippen LogP contribution in [0.2, 0.25) is 0 Å². The molecule has 3 aromatic heterocycles. The monoisotopic (exact) mass is 438 g/mol. The predicted octanol–water partition coefficient (Wildman–Crippen LogP) is 4.36. The summed E-state index contributed by atoms with van der Waals surface area (Å²) >= 11 is 0. The molecule has 32 heavy (non-hydrogen) atoms. The summed E-state index contributed by atoms with van der Waals surface area (Å²) in [7, 11) is 0. The van der Waals surface area contributed by atoms with E-state index in [-0.39, 0.29) is 17.6 Å². The summed E-state index contributed by atoms with van der Waals surface area (Å²) in [5.74, 6) is 0.916. The SMILES string of the molecule is C[C@H]1CNCCN1c1ccc2nc(-c3ccc(F)cc3)n(-c3ccnc(C(F)F)c3)c2n1. The van der Waals surface area contributed by atoms with E-state index in [1.807, 2.05) is 12.1 Å². The van der Waals surface area contributed by atoms with Gasteiger partial charge in [-0.25, -0.2) is 23.1 Å². The van der Waals surface area contributed by atoms with E-state index in [1.54, 1.807) is 22.8 Å². The summed E-state index contributed by atoms with van der Waals surface area (Å²) < 4.78 is 42.0. The number of alkyl halides is 2. The van der Waals surface area contributed by atoms with Crippen molar-refractivity contribution in [1.82, 2.24) is 24.8 Å². The van der Waals surface area contributed by atoms with Gasteiger partial charge in [0.15, 0.2) is 5.65 Å². The lowest BCUT2D eigenvalue weighted by molar-refractivity contribution is 0.146. The van der Waals surface area contributed by atoms with Gasteiger partial charge in [0, 0.05) is 37.4 Å². The Morgan fingerprint density at radius 1 is 1.06 bits per heavy atom. The van der Waals surface area contributed by atoms with Crippen LogP contribution in [0.5, 0.6) is 0 Å². The lowest BCUT2D eigenvalue weighted by atomic mass is 10.2. The van der Waals surface area contributed by atoms with Crippen LogP contribution in [-0.2, 0) is 0 Å². The summed E-state index contributed by atoms with van der Waals surface area (Å²) in [5.41, 5.74) is 1.94. The van der Waals surface area contributed by atoms with Crippen LogP contribution in [0.25, 0.3) is 28.2 Å². The van der Waals surface area contributed by atoms with Crippen molar-refractivity contribution < 1.29 is 13.2 Å². The van der Waals surface area contributed by atoms with Crippen molar-refractivity contribution in [2.75, 3.05) is 24.5 Å². The van der Waals surface area contributed by atoms with Gasteiger partial charge in [0.05, 0.1) is 5.69 Å². The second kappa shape index (κ2) is 8.23. The molecule has 4 aromatic rings. The number of rotatable bonds is 4. The van der Waals surface area contributed by atoms with Gasteiger partial charge in [0.2, 0.25) is 0 Å². The molecule has 4 heterocycles. The van der Waals surface area contributed by atoms with Gasteiger partial charge >= 0.3 is 0 Å². The second-order valence-electron chi connectivity index (χ2n) is 7.78. The lowest BCUT2D eigenvalue weighted by Crippen LogP contribution is -2.50. The number of hydrogen-bond donors (Lipinski definition) is 1. The topological polar surface area (TPSA) is 58.9 Å². The van der Waals surface area contributed by atoms with Crippen molar-refractivity contribution in [3.8, 4) is 17.1 Å². The van der Waals surface area contributed by atoms with Crippen LogP contribution in [0.4, 0.5) is 19.0 Å². The first-order chi connectivity index (χ1) is 15.5. The third-order valence-corrected chi connectivity index (χ3v) is 5.63. The quantitative estimate of drug-likeness (QED) is 0.513. The number of hydrogen-bond acceptors (Lipinski definition) is 5. The zero-order valence-electron chi connectivity index (χ0n) is 17.3. The zero-order valence-corrected chi connectivity index (χ0v) is 17.3. The highest BCUT2D eigenvalue weighted by molar-refractivity contribution is 5.81. The molecule has 1 aliphatic rings. The number of aromatic nitrogens is 4. The van der Waals surface area contributed by atoms with Gasteiger partial charge in [-0.05, 0) is 55.5 Å². The maximum atomic E-state index is 13.5. The molecule has 1 N–H and O–H groups in total. The first kappa shape index (κ1) is 20.4. The van der Waals surface area contributed by atoms with E-state index in [0.717, 1.165) is 25.5 Å². The lowest BCUT2D eigenvalue weighted by Gasteiger charge is -2.34. The first-order valence-electron chi connectivity index (χ1n) is 10.4. The molecule has 1 fully saturated rings. The molecule has 1 atom stereocenters. The van der Waals surface area contributed by atoms with Crippen molar-refractivity contribution in [2.24, 2.45) is 0 Å². The van der Waals surface area contributed by atoms with Gasteiger partial charge in [0.25, 0.3) is 6.43 Å². The molecular formula is C23H21F3N6. The Bertz CT molecular complexity index is 1250. The first-order valence-corrected chi connectivity index (χ1v) is 10.4. The summed E-state index contributed by atoms with van der Waals surface area (Å²) in [6.07, 6.45) is -1.36. The molecule has 1 saturated heterocycles. The normalized spacial score (nSPS) is 16.8. The molecule has 9 heteroatoms. The molecule has 0 bridgehead atoms. The van der Waals surface area contributed by atoms with Crippen LogP contribution < -0.4 is 10.2 Å². The van der Waals surface area contributed by atoms with Crippen LogP contribution in [0.3, 0.4) is 0 Å². The van der Waals surface area contributed by atoms with Gasteiger partial charge in [-0.1, -0.05) is 0 Å². The van der Waals surface area contributed by atoms with E-state index in [4.69, 9.17) is 9.97 Å². The van der Waals surface area contributed by atoms with E-state index in [2.05, 4.69) is 22.1 Å². The standard InChI is InChI=1S/C23H21F3N6/c1-14-13-27-10-11-31(14)20-7-6-18-23(30-20)32(17-8-9-28-19(12-17)21(25)26)22(29-18)15-2-4-16(24)5-3-15/h2-9,12,14,21,27H,10-11,13H2,1H3/t14-/m0/s1. The Morgan fingerprint density at radius 2 is 1.88 bits per heavy atom. The number of pyridine rings is 2. The summed E-state index contributed by atoms with van der Waals surface area (Å²) in [4.78, 5) is 15.6. The zero-order chi connectivity index (χ0) is 22.2. The Hall–Kier alpha value is -3.46. The predicted molar refractivity (Wildman–Crippen MR) is 117 cm³/mol. The average molecular weight is 438 g/mol. The van der Waals surface area contributed by atoms with Crippen LogP contribution >= 0.6 is 0 Å². The van der Waals surface area contributed by atoms with Crippen molar-refractivity contribution in [1.29, 1.82) is 0 Å². The van der Waals surface area contributed by atoms with Crippen LogP contribution in [0.15, 0.2) is 54.7 Å². The van der Waals surface area contributed by atoms with E-state index in [0.29, 0.717) is 28.2 Å². The molecule has 0 aliphatic carbocycles. The number of anilines is 1. The van der Waals surface area contributed by atoms with Crippen LogP contribution in [0.1, 0.15) is 19.0 Å². The molecule has 0 radical (unpaired) electrons. The largest absolute Gasteiger partial charge is 0.351 e. The van der Waals surface area contributed by atoms with E-state index >= 15 is 0 Å². The molecule has 0 unspecified atom stereocenters. The smallest absolute Gasteiger partial charge is 0.280 e. The molecule has 6 nitrogen and oxygen atoms in total. The van der Waals surface area contributed by atoms with Gasteiger partial charge in [-0.3, -0.25) is 9.55 Å². The van der Waals surface area contributed by atoms with E-state index in [1.165, 1.54) is 24.4 Å². The van der Waals surface area contributed by atoms with Gasteiger partial charge in [0.1, 0.15) is 28.7 Å². The number of piperazine rings is 1. The molecule has 1 aliphatic heterocycles.